The van der Waals surface area contributed by atoms with E-state index in [2.05, 4.69) is 0 Å². The second-order valence-corrected chi connectivity index (χ2v) is 9.10. The molecular weight excluding hydrogens is 320 g/mol. The highest BCUT2D eigenvalue weighted by molar-refractivity contribution is 8.00. The summed E-state index contributed by atoms with van der Waals surface area (Å²) in [5.41, 5.74) is 0.304. The van der Waals surface area contributed by atoms with E-state index in [9.17, 15) is 0 Å². The average Bonchev–Trinajstić information content (AvgIpc) is 2.97. The molecule has 2 unspecified atom stereocenters. The molecule has 2 atom stereocenters. The van der Waals surface area contributed by atoms with Gasteiger partial charge in [-0.25, -0.2) is 0 Å². The van der Waals surface area contributed by atoms with Crippen molar-refractivity contribution in [2.45, 2.75) is 64.7 Å². The molecule has 1 aliphatic rings. The third kappa shape index (κ3) is 7.76. The molecule has 0 bridgehead atoms. The third-order valence-corrected chi connectivity index (χ3v) is 7.70. The van der Waals surface area contributed by atoms with Crippen LogP contribution in [0.25, 0.3) is 0 Å². The Morgan fingerprint density at radius 1 is 1.09 bits per heavy atom. The van der Waals surface area contributed by atoms with Gasteiger partial charge < -0.3 is 22.8 Å². The number of hydrogen-bond donors (Lipinski definition) is 0. The molecule has 0 saturated carbocycles. The van der Waals surface area contributed by atoms with Gasteiger partial charge in [0.25, 0.3) is 0 Å². The van der Waals surface area contributed by atoms with Crippen molar-refractivity contribution in [3.63, 3.8) is 0 Å². The summed E-state index contributed by atoms with van der Waals surface area (Å²) < 4.78 is 29.1. The highest BCUT2D eigenvalue weighted by Gasteiger charge is 2.39. The van der Waals surface area contributed by atoms with Crippen LogP contribution in [0.3, 0.4) is 0 Å². The SMILES string of the molecule is CCO[Si](CCCOC(C)OC1CCCS1)(OCC)OCC. The van der Waals surface area contributed by atoms with Crippen LogP contribution in [0, 0.1) is 0 Å². The number of ether oxygens (including phenoxy) is 2. The summed E-state index contributed by atoms with van der Waals surface area (Å²) in [5.74, 6) is 1.20. The maximum absolute atomic E-state index is 5.84. The van der Waals surface area contributed by atoms with E-state index in [1.165, 1.54) is 12.2 Å². The smallest absolute Gasteiger partial charge is 0.374 e. The van der Waals surface area contributed by atoms with E-state index in [-0.39, 0.29) is 6.29 Å². The number of hydrogen-bond acceptors (Lipinski definition) is 6. The summed E-state index contributed by atoms with van der Waals surface area (Å²) in [6, 6.07) is 0.785. The van der Waals surface area contributed by atoms with Crippen LogP contribution in [0.5, 0.6) is 0 Å². The molecule has 1 saturated heterocycles. The van der Waals surface area contributed by atoms with Gasteiger partial charge >= 0.3 is 8.80 Å². The molecule has 1 rings (SSSR count). The van der Waals surface area contributed by atoms with Crippen LogP contribution in [0.1, 0.15) is 47.0 Å². The molecule has 0 spiro atoms. The maximum atomic E-state index is 5.84. The largest absolute Gasteiger partial charge is 0.501 e. The Labute approximate surface area is 140 Å². The lowest BCUT2D eigenvalue weighted by atomic mass is 10.4. The normalized spacial score (nSPS) is 20.5. The van der Waals surface area contributed by atoms with Crippen molar-refractivity contribution >= 4 is 20.6 Å². The standard InChI is InChI=1S/C15H32O5SSi/c1-5-17-22(18-6-2,19-7-3)13-9-11-16-14(4)20-15-10-8-12-21-15/h14-15H,5-13H2,1-4H3. The molecule has 1 fully saturated rings. The van der Waals surface area contributed by atoms with E-state index in [4.69, 9.17) is 22.8 Å². The minimum atomic E-state index is -2.53. The Kier molecular flexibility index (Phi) is 11.0. The zero-order valence-corrected chi connectivity index (χ0v) is 16.3. The zero-order valence-electron chi connectivity index (χ0n) is 14.5. The third-order valence-electron chi connectivity index (χ3n) is 3.30. The van der Waals surface area contributed by atoms with Gasteiger partial charge in [0.15, 0.2) is 6.29 Å². The molecule has 1 aliphatic heterocycles. The van der Waals surface area contributed by atoms with Crippen molar-refractivity contribution in [1.82, 2.24) is 0 Å². The van der Waals surface area contributed by atoms with Crippen LogP contribution in [0.15, 0.2) is 0 Å². The summed E-state index contributed by atoms with van der Waals surface area (Å²) in [4.78, 5) is 0. The van der Waals surface area contributed by atoms with Gasteiger partial charge in [0.1, 0.15) is 5.44 Å². The predicted octanol–water partition coefficient (Wildman–Crippen LogP) is 3.66. The van der Waals surface area contributed by atoms with Crippen molar-refractivity contribution < 1.29 is 22.8 Å². The predicted molar refractivity (Wildman–Crippen MR) is 92.0 cm³/mol. The number of rotatable bonds is 13. The summed E-state index contributed by atoms with van der Waals surface area (Å²) in [7, 11) is -2.53. The van der Waals surface area contributed by atoms with Gasteiger partial charge in [-0.1, -0.05) is 0 Å². The Morgan fingerprint density at radius 2 is 1.73 bits per heavy atom. The Hall–Kier alpha value is 0.367. The van der Waals surface area contributed by atoms with Crippen LogP contribution in [0.4, 0.5) is 0 Å². The van der Waals surface area contributed by atoms with Crippen LogP contribution in [0.2, 0.25) is 6.04 Å². The summed E-state index contributed by atoms with van der Waals surface area (Å²) in [6.45, 7) is 10.4. The minimum Gasteiger partial charge on any atom is -0.374 e. The molecule has 5 nitrogen and oxygen atoms in total. The second kappa shape index (κ2) is 11.8. The van der Waals surface area contributed by atoms with Crippen LogP contribution in [-0.2, 0) is 22.8 Å². The van der Waals surface area contributed by atoms with E-state index in [1.807, 2.05) is 39.5 Å². The molecule has 132 valence electrons. The number of thioether (sulfide) groups is 1. The van der Waals surface area contributed by atoms with Crippen molar-refractivity contribution in [2.75, 3.05) is 32.2 Å². The molecule has 0 amide bonds. The molecule has 0 aromatic rings. The summed E-state index contributed by atoms with van der Waals surface area (Å²) in [5, 5.41) is 0. The quantitative estimate of drug-likeness (QED) is 0.286. The first-order valence-corrected chi connectivity index (χ1v) is 11.4. The molecule has 7 heteroatoms. The fourth-order valence-electron chi connectivity index (χ4n) is 2.45. The molecule has 0 aromatic heterocycles. The first-order chi connectivity index (χ1) is 10.7. The molecule has 1 heterocycles. The zero-order chi connectivity index (χ0) is 16.3. The van der Waals surface area contributed by atoms with Gasteiger partial charge in [0.05, 0.1) is 0 Å². The van der Waals surface area contributed by atoms with E-state index in [1.54, 1.807) is 0 Å². The molecule has 0 radical (unpaired) electrons. The van der Waals surface area contributed by atoms with Crippen molar-refractivity contribution in [2.24, 2.45) is 0 Å². The topological polar surface area (TPSA) is 46.2 Å². The van der Waals surface area contributed by atoms with E-state index in [0.717, 1.165) is 18.9 Å². The lowest BCUT2D eigenvalue weighted by Crippen LogP contribution is -2.46. The van der Waals surface area contributed by atoms with Crippen LogP contribution in [-0.4, -0.2) is 52.7 Å². The highest BCUT2D eigenvalue weighted by atomic mass is 32.2. The molecule has 0 aromatic carbocycles. The maximum Gasteiger partial charge on any atom is 0.501 e. The lowest BCUT2D eigenvalue weighted by molar-refractivity contribution is -0.139. The van der Waals surface area contributed by atoms with Crippen molar-refractivity contribution in [3.05, 3.63) is 0 Å². The molecular formula is C15H32O5SSi. The molecule has 22 heavy (non-hydrogen) atoms. The Balaban J connectivity index is 2.25. The van der Waals surface area contributed by atoms with Gasteiger partial charge in [0.2, 0.25) is 0 Å². The first-order valence-electron chi connectivity index (χ1n) is 8.46. The van der Waals surface area contributed by atoms with Crippen molar-refractivity contribution in [3.8, 4) is 0 Å². The van der Waals surface area contributed by atoms with Crippen LogP contribution < -0.4 is 0 Å². The van der Waals surface area contributed by atoms with E-state index < -0.39 is 8.80 Å². The van der Waals surface area contributed by atoms with Gasteiger partial charge in [-0.2, -0.15) is 0 Å². The Morgan fingerprint density at radius 3 is 2.23 bits per heavy atom. The second-order valence-electron chi connectivity index (χ2n) is 5.10. The first kappa shape index (κ1) is 20.4. The lowest BCUT2D eigenvalue weighted by Gasteiger charge is -2.28. The van der Waals surface area contributed by atoms with Crippen LogP contribution >= 0.6 is 11.8 Å². The van der Waals surface area contributed by atoms with Crippen molar-refractivity contribution in [1.29, 1.82) is 0 Å². The van der Waals surface area contributed by atoms with Gasteiger partial charge in [-0.3, -0.25) is 0 Å². The van der Waals surface area contributed by atoms with Gasteiger partial charge in [-0.15, -0.1) is 11.8 Å². The van der Waals surface area contributed by atoms with E-state index >= 15 is 0 Å². The fourth-order valence-corrected chi connectivity index (χ4v) is 6.19. The van der Waals surface area contributed by atoms with Gasteiger partial charge in [-0.05, 0) is 52.7 Å². The van der Waals surface area contributed by atoms with Gasteiger partial charge in [0, 0.05) is 32.5 Å². The summed E-state index contributed by atoms with van der Waals surface area (Å²) in [6.07, 6.45) is 3.08. The minimum absolute atomic E-state index is 0.155. The average molecular weight is 353 g/mol. The molecule has 0 aliphatic carbocycles. The highest BCUT2D eigenvalue weighted by Crippen LogP contribution is 2.28. The molecule has 0 N–H and O–H groups in total. The fraction of sp³-hybridized carbons (Fsp3) is 1.00. The summed E-state index contributed by atoms with van der Waals surface area (Å²) >= 11 is 1.88. The monoisotopic (exact) mass is 352 g/mol. The Bertz CT molecular complexity index is 260. The van der Waals surface area contributed by atoms with E-state index in [0.29, 0.717) is 31.9 Å².